The Morgan fingerprint density at radius 3 is 2.81 bits per heavy atom. The summed E-state index contributed by atoms with van der Waals surface area (Å²) in [5.41, 5.74) is -1.03. The van der Waals surface area contributed by atoms with Gasteiger partial charge in [0.1, 0.15) is 0 Å². The van der Waals surface area contributed by atoms with Crippen LogP contribution in [-0.2, 0) is 0 Å². The lowest BCUT2D eigenvalue weighted by Gasteiger charge is -2.36. The zero-order valence-corrected chi connectivity index (χ0v) is 12.0. The van der Waals surface area contributed by atoms with E-state index >= 15 is 0 Å². The number of amides is 1. The van der Waals surface area contributed by atoms with Gasteiger partial charge in [0.15, 0.2) is 0 Å². The van der Waals surface area contributed by atoms with Crippen LogP contribution in [0.5, 0.6) is 5.75 Å². The molecule has 2 rings (SSSR count). The van der Waals surface area contributed by atoms with E-state index in [-0.39, 0.29) is 29.5 Å². The molecule has 0 aliphatic carbocycles. The largest absolute Gasteiger partial charge is 0.490 e. The molecule has 0 aromatic heterocycles. The van der Waals surface area contributed by atoms with Crippen LogP contribution in [0.3, 0.4) is 0 Å². The number of piperidine rings is 1. The molecule has 1 N–H and O–H groups in total. The molecular weight excluding hydrogens is 276 g/mol. The first-order valence-electron chi connectivity index (χ1n) is 6.69. The number of β-amino-alcohol motifs (C(OH)–C–C–N with tert-alkyl or cyclic N) is 1. The van der Waals surface area contributed by atoms with Crippen molar-refractivity contribution in [2.75, 3.05) is 20.2 Å². The molecule has 1 heterocycles. The molecule has 21 heavy (non-hydrogen) atoms. The first-order chi connectivity index (χ1) is 9.85. The highest BCUT2D eigenvalue weighted by molar-refractivity contribution is 5.98. The molecule has 1 aliphatic rings. The fourth-order valence-electron chi connectivity index (χ4n) is 2.62. The van der Waals surface area contributed by atoms with E-state index in [9.17, 15) is 20.0 Å². The number of likely N-dealkylation sites (tertiary alicyclic amines) is 1. The maximum absolute atomic E-state index is 12.6. The van der Waals surface area contributed by atoms with Crippen LogP contribution in [0.4, 0.5) is 5.69 Å². The van der Waals surface area contributed by atoms with Gasteiger partial charge in [-0.05, 0) is 25.8 Å². The summed E-state index contributed by atoms with van der Waals surface area (Å²) in [4.78, 5) is 24.5. The van der Waals surface area contributed by atoms with E-state index in [1.807, 2.05) is 0 Å². The van der Waals surface area contributed by atoms with Gasteiger partial charge in [0.25, 0.3) is 5.91 Å². The number of hydrogen-bond donors (Lipinski definition) is 1. The van der Waals surface area contributed by atoms with E-state index < -0.39 is 10.5 Å². The normalized spacial score (nSPS) is 22.0. The Labute approximate surface area is 122 Å². The number of carbonyl (C=O) groups excluding carboxylic acids is 1. The van der Waals surface area contributed by atoms with E-state index in [0.717, 1.165) is 0 Å². The molecule has 114 valence electrons. The summed E-state index contributed by atoms with van der Waals surface area (Å²) >= 11 is 0. The standard InChI is InChI=1S/C14H18N2O5/c1-14(18)7-4-8-15(9-14)13(17)10-5-3-6-11(16(19)20)12(10)21-2/h3,5-6,18H,4,7-9H2,1-2H3. The molecule has 1 unspecified atom stereocenters. The predicted molar refractivity (Wildman–Crippen MR) is 75.4 cm³/mol. The Balaban J connectivity index is 2.35. The summed E-state index contributed by atoms with van der Waals surface area (Å²) in [6, 6.07) is 4.25. The highest BCUT2D eigenvalue weighted by Crippen LogP contribution is 2.32. The highest BCUT2D eigenvalue weighted by Gasteiger charge is 2.33. The Morgan fingerprint density at radius 1 is 1.52 bits per heavy atom. The average molecular weight is 294 g/mol. The average Bonchev–Trinajstić information content (AvgIpc) is 2.44. The second-order valence-electron chi connectivity index (χ2n) is 5.44. The number of rotatable bonds is 3. The van der Waals surface area contributed by atoms with Crippen molar-refractivity contribution in [1.82, 2.24) is 4.90 Å². The molecule has 1 aromatic carbocycles. The molecule has 7 nitrogen and oxygen atoms in total. The van der Waals surface area contributed by atoms with E-state index in [4.69, 9.17) is 4.74 Å². The van der Waals surface area contributed by atoms with Crippen molar-refractivity contribution in [2.45, 2.75) is 25.4 Å². The Hall–Kier alpha value is -2.15. The van der Waals surface area contributed by atoms with Crippen LogP contribution in [0.15, 0.2) is 18.2 Å². The zero-order valence-electron chi connectivity index (χ0n) is 12.0. The Bertz CT molecular complexity index is 570. The molecule has 1 amide bonds. The van der Waals surface area contributed by atoms with Crippen LogP contribution in [0.25, 0.3) is 0 Å². The minimum absolute atomic E-state index is 0.0438. The van der Waals surface area contributed by atoms with Crippen molar-refractivity contribution in [1.29, 1.82) is 0 Å². The highest BCUT2D eigenvalue weighted by atomic mass is 16.6. The molecule has 1 atom stereocenters. The van der Waals surface area contributed by atoms with Crippen LogP contribution in [-0.4, -0.2) is 46.6 Å². The van der Waals surface area contributed by atoms with Gasteiger partial charge in [0.05, 0.1) is 23.2 Å². The van der Waals surface area contributed by atoms with Gasteiger partial charge in [-0.25, -0.2) is 0 Å². The zero-order chi connectivity index (χ0) is 15.6. The van der Waals surface area contributed by atoms with Gasteiger partial charge in [0.2, 0.25) is 5.75 Å². The van der Waals surface area contributed by atoms with E-state index in [1.54, 1.807) is 6.92 Å². The van der Waals surface area contributed by atoms with E-state index in [1.165, 1.54) is 30.2 Å². The topological polar surface area (TPSA) is 92.9 Å². The van der Waals surface area contributed by atoms with E-state index in [0.29, 0.717) is 19.4 Å². The van der Waals surface area contributed by atoms with Crippen molar-refractivity contribution in [3.63, 3.8) is 0 Å². The quantitative estimate of drug-likeness (QED) is 0.675. The number of methoxy groups -OCH3 is 1. The molecular formula is C14H18N2O5. The third-order valence-electron chi connectivity index (χ3n) is 3.59. The fraction of sp³-hybridized carbons (Fsp3) is 0.500. The van der Waals surface area contributed by atoms with Crippen LogP contribution in [0.2, 0.25) is 0 Å². The molecule has 0 spiro atoms. The number of aliphatic hydroxyl groups is 1. The lowest BCUT2D eigenvalue weighted by molar-refractivity contribution is -0.385. The number of carbonyl (C=O) groups is 1. The second kappa shape index (κ2) is 5.69. The lowest BCUT2D eigenvalue weighted by atomic mass is 9.94. The van der Waals surface area contributed by atoms with Gasteiger partial charge in [-0.2, -0.15) is 0 Å². The van der Waals surface area contributed by atoms with Crippen LogP contribution in [0, 0.1) is 10.1 Å². The Kier molecular flexibility index (Phi) is 4.13. The maximum atomic E-state index is 12.6. The second-order valence-corrected chi connectivity index (χ2v) is 5.44. The molecule has 0 saturated carbocycles. The third kappa shape index (κ3) is 3.13. The lowest BCUT2D eigenvalue weighted by Crippen LogP contribution is -2.48. The van der Waals surface area contributed by atoms with Gasteiger partial charge >= 0.3 is 5.69 Å². The number of benzene rings is 1. The SMILES string of the molecule is COc1c(C(=O)N2CCCC(C)(O)C2)cccc1[N+](=O)[O-]. The summed E-state index contributed by atoms with van der Waals surface area (Å²) in [6.07, 6.45) is 1.32. The molecule has 1 aromatic rings. The number of nitrogens with zero attached hydrogens (tertiary/aromatic N) is 2. The Morgan fingerprint density at radius 2 is 2.24 bits per heavy atom. The van der Waals surface area contributed by atoms with Gasteiger partial charge in [-0.3, -0.25) is 14.9 Å². The molecule has 0 bridgehead atoms. The summed E-state index contributed by atoms with van der Waals surface area (Å²) in [6.45, 7) is 2.40. The van der Waals surface area contributed by atoms with Crippen molar-refractivity contribution in [2.24, 2.45) is 0 Å². The smallest absolute Gasteiger partial charge is 0.311 e. The minimum atomic E-state index is -0.929. The van der Waals surface area contributed by atoms with Crippen LogP contribution >= 0.6 is 0 Å². The van der Waals surface area contributed by atoms with Crippen LogP contribution < -0.4 is 4.74 Å². The van der Waals surface area contributed by atoms with Gasteiger partial charge in [-0.15, -0.1) is 0 Å². The molecule has 1 fully saturated rings. The molecule has 7 heteroatoms. The summed E-state index contributed by atoms with van der Waals surface area (Å²) in [5, 5.41) is 21.1. The van der Waals surface area contributed by atoms with Crippen molar-refractivity contribution in [3.05, 3.63) is 33.9 Å². The summed E-state index contributed by atoms with van der Waals surface area (Å²) in [5.74, 6) is -0.409. The number of para-hydroxylation sites is 1. The van der Waals surface area contributed by atoms with Gasteiger partial charge in [-0.1, -0.05) is 6.07 Å². The molecule has 1 saturated heterocycles. The summed E-state index contributed by atoms with van der Waals surface area (Å²) < 4.78 is 5.05. The number of ether oxygens (including phenoxy) is 1. The van der Waals surface area contributed by atoms with Gasteiger partial charge < -0.3 is 14.7 Å². The number of hydrogen-bond acceptors (Lipinski definition) is 5. The monoisotopic (exact) mass is 294 g/mol. The predicted octanol–water partition coefficient (Wildman–Crippen LogP) is 1.59. The van der Waals surface area contributed by atoms with Crippen molar-refractivity contribution >= 4 is 11.6 Å². The maximum Gasteiger partial charge on any atom is 0.311 e. The summed E-state index contributed by atoms with van der Waals surface area (Å²) in [7, 11) is 1.30. The molecule has 0 radical (unpaired) electrons. The number of nitro groups is 1. The molecule has 1 aliphatic heterocycles. The third-order valence-corrected chi connectivity index (χ3v) is 3.59. The first-order valence-corrected chi connectivity index (χ1v) is 6.69. The van der Waals surface area contributed by atoms with Crippen molar-refractivity contribution in [3.8, 4) is 5.75 Å². The first kappa shape index (κ1) is 15.2. The van der Waals surface area contributed by atoms with Crippen molar-refractivity contribution < 1.29 is 19.6 Å². The fourth-order valence-corrected chi connectivity index (χ4v) is 2.62. The minimum Gasteiger partial charge on any atom is -0.490 e. The van der Waals surface area contributed by atoms with E-state index in [2.05, 4.69) is 0 Å². The van der Waals surface area contributed by atoms with Gasteiger partial charge in [0, 0.05) is 19.2 Å². The number of nitro benzene ring substituents is 1. The van der Waals surface area contributed by atoms with Crippen LogP contribution in [0.1, 0.15) is 30.1 Å².